The van der Waals surface area contributed by atoms with Gasteiger partial charge in [-0.05, 0) is 48.1 Å². The van der Waals surface area contributed by atoms with Crippen LogP contribution in [-0.2, 0) is 17.6 Å². The van der Waals surface area contributed by atoms with Gasteiger partial charge in [-0.1, -0.05) is 12.1 Å². The van der Waals surface area contributed by atoms with Crippen molar-refractivity contribution in [2.24, 2.45) is 0 Å². The van der Waals surface area contributed by atoms with Crippen LogP contribution in [0.5, 0.6) is 0 Å². The van der Waals surface area contributed by atoms with Crippen LogP contribution in [0.4, 0.5) is 4.39 Å². The summed E-state index contributed by atoms with van der Waals surface area (Å²) in [5.74, 6) is -0.0705. The number of benzene rings is 1. The maximum absolute atomic E-state index is 14.0. The molecule has 1 aliphatic heterocycles. The third-order valence-electron chi connectivity index (χ3n) is 4.79. The Balaban J connectivity index is 1.66. The molecule has 2 aliphatic rings. The maximum Gasteiger partial charge on any atom is 0.264 e. The van der Waals surface area contributed by atoms with Gasteiger partial charge in [0.05, 0.1) is 11.0 Å². The molecule has 1 fully saturated rings. The molecule has 0 N–H and O–H groups in total. The molecule has 2 heterocycles. The lowest BCUT2D eigenvalue weighted by atomic mass is 9.91. The smallest absolute Gasteiger partial charge is 0.264 e. The minimum Gasteiger partial charge on any atom is -0.380 e. The SMILES string of the molecule is COC1CCN(C(=O)c2cc3c(s2)-c2cccc(F)c2CC3)C1. The zero-order valence-corrected chi connectivity index (χ0v) is 13.8. The molecular formula is C18H18FNO2S. The van der Waals surface area contributed by atoms with E-state index in [1.165, 1.54) is 23.0 Å². The van der Waals surface area contributed by atoms with Crippen molar-refractivity contribution in [3.05, 3.63) is 46.1 Å². The number of nitrogens with zero attached hydrogens (tertiary/aromatic N) is 1. The molecule has 1 aromatic carbocycles. The van der Waals surface area contributed by atoms with Gasteiger partial charge in [0.25, 0.3) is 5.91 Å². The summed E-state index contributed by atoms with van der Waals surface area (Å²) in [6.07, 6.45) is 2.53. The second kappa shape index (κ2) is 5.73. The molecule has 3 nitrogen and oxygen atoms in total. The summed E-state index contributed by atoms with van der Waals surface area (Å²) in [5.41, 5.74) is 2.90. The standard InChI is InChI=1S/C18H18FNO2S/c1-22-12-7-8-20(10-12)18(21)16-9-11-5-6-13-14(17(11)23-16)3-2-4-15(13)19/h2-4,9,12H,5-8,10H2,1H3. The summed E-state index contributed by atoms with van der Waals surface area (Å²) in [6.45, 7) is 1.40. The molecule has 1 atom stereocenters. The molecule has 23 heavy (non-hydrogen) atoms. The molecule has 1 unspecified atom stereocenters. The number of halogens is 1. The average molecular weight is 331 g/mol. The van der Waals surface area contributed by atoms with Gasteiger partial charge in [0.1, 0.15) is 5.82 Å². The van der Waals surface area contributed by atoms with Crippen LogP contribution in [0, 0.1) is 5.82 Å². The number of thiophene rings is 1. The Bertz CT molecular complexity index is 770. The van der Waals surface area contributed by atoms with Crippen LogP contribution >= 0.6 is 11.3 Å². The van der Waals surface area contributed by atoms with Gasteiger partial charge >= 0.3 is 0 Å². The molecule has 1 aromatic heterocycles. The molecule has 0 radical (unpaired) electrons. The van der Waals surface area contributed by atoms with Gasteiger partial charge in [-0.2, -0.15) is 0 Å². The summed E-state index contributed by atoms with van der Waals surface area (Å²) < 4.78 is 19.3. The van der Waals surface area contributed by atoms with Crippen LogP contribution in [-0.4, -0.2) is 37.1 Å². The molecule has 4 rings (SSSR count). The van der Waals surface area contributed by atoms with Gasteiger partial charge in [0.15, 0.2) is 0 Å². The van der Waals surface area contributed by atoms with Crippen molar-refractivity contribution in [3.8, 4) is 10.4 Å². The Hall–Kier alpha value is -1.72. The fourth-order valence-electron chi connectivity index (χ4n) is 3.49. The number of amides is 1. The van der Waals surface area contributed by atoms with Crippen molar-refractivity contribution in [3.63, 3.8) is 0 Å². The van der Waals surface area contributed by atoms with Crippen molar-refractivity contribution >= 4 is 17.2 Å². The Kier molecular flexibility index (Phi) is 3.70. The van der Waals surface area contributed by atoms with E-state index in [4.69, 9.17) is 4.74 Å². The number of likely N-dealkylation sites (tertiary alicyclic amines) is 1. The zero-order valence-electron chi connectivity index (χ0n) is 13.0. The highest BCUT2D eigenvalue weighted by molar-refractivity contribution is 7.17. The number of hydrogen-bond donors (Lipinski definition) is 0. The van der Waals surface area contributed by atoms with E-state index < -0.39 is 0 Å². The van der Waals surface area contributed by atoms with Crippen LogP contribution in [0.15, 0.2) is 24.3 Å². The average Bonchev–Trinajstić information content (AvgIpc) is 3.21. The first kappa shape index (κ1) is 14.8. The lowest BCUT2D eigenvalue weighted by Crippen LogP contribution is -2.29. The summed E-state index contributed by atoms with van der Waals surface area (Å²) in [5, 5.41) is 0. The quantitative estimate of drug-likeness (QED) is 0.843. The number of carbonyl (C=O) groups is 1. The van der Waals surface area contributed by atoms with E-state index in [-0.39, 0.29) is 17.8 Å². The normalized spacial score (nSPS) is 19.6. The van der Waals surface area contributed by atoms with Crippen LogP contribution < -0.4 is 0 Å². The first-order valence-electron chi connectivity index (χ1n) is 7.90. The summed E-state index contributed by atoms with van der Waals surface area (Å²) in [6, 6.07) is 7.21. The van der Waals surface area contributed by atoms with Gasteiger partial charge in [0, 0.05) is 25.1 Å². The molecule has 1 saturated heterocycles. The van der Waals surface area contributed by atoms with E-state index in [1.807, 2.05) is 17.0 Å². The minimum atomic E-state index is -0.142. The van der Waals surface area contributed by atoms with Gasteiger partial charge < -0.3 is 9.64 Å². The minimum absolute atomic E-state index is 0.0712. The van der Waals surface area contributed by atoms with E-state index in [0.717, 1.165) is 40.3 Å². The molecule has 0 bridgehead atoms. The molecule has 5 heteroatoms. The Morgan fingerprint density at radius 2 is 2.26 bits per heavy atom. The van der Waals surface area contributed by atoms with E-state index in [0.29, 0.717) is 13.0 Å². The number of rotatable bonds is 2. The van der Waals surface area contributed by atoms with Gasteiger partial charge in [-0.25, -0.2) is 4.39 Å². The molecule has 0 spiro atoms. The molecule has 120 valence electrons. The number of hydrogen-bond acceptors (Lipinski definition) is 3. The highest BCUT2D eigenvalue weighted by atomic mass is 32.1. The molecule has 0 saturated carbocycles. The molecule has 1 aliphatic carbocycles. The Morgan fingerprint density at radius 1 is 1.39 bits per heavy atom. The van der Waals surface area contributed by atoms with Crippen LogP contribution in [0.25, 0.3) is 10.4 Å². The molecule has 1 amide bonds. The van der Waals surface area contributed by atoms with E-state index in [2.05, 4.69) is 0 Å². The summed E-state index contributed by atoms with van der Waals surface area (Å²) in [4.78, 5) is 16.4. The number of fused-ring (bicyclic) bond motifs is 3. The van der Waals surface area contributed by atoms with Crippen molar-refractivity contribution in [1.82, 2.24) is 4.90 Å². The van der Waals surface area contributed by atoms with Crippen LogP contribution in [0.1, 0.15) is 27.2 Å². The zero-order chi connectivity index (χ0) is 16.0. The number of ether oxygens (including phenoxy) is 1. The second-order valence-corrected chi connectivity index (χ2v) is 7.18. The number of methoxy groups -OCH3 is 1. The van der Waals surface area contributed by atoms with E-state index >= 15 is 0 Å². The third-order valence-corrected chi connectivity index (χ3v) is 5.99. The first-order valence-corrected chi connectivity index (χ1v) is 8.71. The maximum atomic E-state index is 14.0. The predicted octanol–water partition coefficient (Wildman–Crippen LogP) is 3.51. The largest absolute Gasteiger partial charge is 0.380 e. The first-order chi connectivity index (χ1) is 11.2. The van der Waals surface area contributed by atoms with Crippen molar-refractivity contribution in [2.75, 3.05) is 20.2 Å². The van der Waals surface area contributed by atoms with Crippen molar-refractivity contribution in [1.29, 1.82) is 0 Å². The number of aryl methyl sites for hydroxylation is 1. The van der Waals surface area contributed by atoms with Gasteiger partial charge in [-0.3, -0.25) is 4.79 Å². The third kappa shape index (κ3) is 2.48. The van der Waals surface area contributed by atoms with Crippen LogP contribution in [0.2, 0.25) is 0 Å². The second-order valence-electron chi connectivity index (χ2n) is 6.13. The van der Waals surface area contributed by atoms with Gasteiger partial charge in [0.2, 0.25) is 0 Å². The monoisotopic (exact) mass is 331 g/mol. The molecule has 2 aromatic rings. The number of carbonyl (C=O) groups excluding carboxylic acids is 1. The topological polar surface area (TPSA) is 29.5 Å². The van der Waals surface area contributed by atoms with Crippen LogP contribution in [0.3, 0.4) is 0 Å². The lowest BCUT2D eigenvalue weighted by molar-refractivity contribution is 0.0728. The summed E-state index contributed by atoms with van der Waals surface area (Å²) >= 11 is 1.49. The highest BCUT2D eigenvalue weighted by Gasteiger charge is 2.29. The fraction of sp³-hybridized carbons (Fsp3) is 0.389. The van der Waals surface area contributed by atoms with E-state index in [9.17, 15) is 9.18 Å². The van der Waals surface area contributed by atoms with Gasteiger partial charge in [-0.15, -0.1) is 11.3 Å². The Morgan fingerprint density at radius 3 is 3.04 bits per heavy atom. The van der Waals surface area contributed by atoms with Crippen molar-refractivity contribution < 1.29 is 13.9 Å². The highest BCUT2D eigenvalue weighted by Crippen LogP contribution is 2.40. The lowest BCUT2D eigenvalue weighted by Gasteiger charge is -2.16. The van der Waals surface area contributed by atoms with Crippen molar-refractivity contribution in [2.45, 2.75) is 25.4 Å². The Labute approximate surface area is 138 Å². The summed E-state index contributed by atoms with van der Waals surface area (Å²) in [7, 11) is 1.69. The molecular weight excluding hydrogens is 313 g/mol. The fourth-order valence-corrected chi connectivity index (χ4v) is 4.72. The van der Waals surface area contributed by atoms with E-state index in [1.54, 1.807) is 13.2 Å². The predicted molar refractivity (Wildman–Crippen MR) is 88.4 cm³/mol.